The number of carbonyl (C=O) groups is 1. The average molecular weight is 238 g/mol. The summed E-state index contributed by atoms with van der Waals surface area (Å²) in [6, 6.07) is 3.68. The molecule has 0 saturated heterocycles. The zero-order chi connectivity index (χ0) is 12.7. The van der Waals surface area contributed by atoms with Crippen LogP contribution in [0.15, 0.2) is 18.3 Å². The van der Waals surface area contributed by atoms with Gasteiger partial charge in [0.05, 0.1) is 14.2 Å². The standard InChI is InChI=1S/C12H18N2O3/c1-14(9-5-7-11(15)17-3)12-10(16-2)6-4-8-13-12/h4,6,8H,5,7,9H2,1-3H3. The molecule has 5 nitrogen and oxygen atoms in total. The molecule has 0 aliphatic heterocycles. The molecule has 0 aliphatic carbocycles. The second-order valence-corrected chi connectivity index (χ2v) is 3.63. The van der Waals surface area contributed by atoms with Gasteiger partial charge in [0.2, 0.25) is 0 Å². The number of methoxy groups -OCH3 is 2. The molecule has 5 heteroatoms. The Morgan fingerprint density at radius 3 is 2.88 bits per heavy atom. The van der Waals surface area contributed by atoms with Crippen molar-refractivity contribution in [1.29, 1.82) is 0 Å². The number of rotatable bonds is 6. The van der Waals surface area contributed by atoms with Gasteiger partial charge in [0.25, 0.3) is 0 Å². The maximum absolute atomic E-state index is 11.0. The van der Waals surface area contributed by atoms with Gasteiger partial charge in [-0.25, -0.2) is 4.98 Å². The Bertz CT molecular complexity index is 369. The Morgan fingerprint density at radius 2 is 2.24 bits per heavy atom. The predicted molar refractivity (Wildman–Crippen MR) is 65.3 cm³/mol. The Balaban J connectivity index is 2.51. The molecule has 0 atom stereocenters. The number of ether oxygens (including phenoxy) is 2. The minimum Gasteiger partial charge on any atom is -0.493 e. The van der Waals surface area contributed by atoms with Crippen molar-refractivity contribution < 1.29 is 14.3 Å². The summed E-state index contributed by atoms with van der Waals surface area (Å²) in [4.78, 5) is 17.2. The van der Waals surface area contributed by atoms with Gasteiger partial charge in [-0.2, -0.15) is 0 Å². The maximum atomic E-state index is 11.0. The Morgan fingerprint density at radius 1 is 1.47 bits per heavy atom. The first kappa shape index (κ1) is 13.3. The highest BCUT2D eigenvalue weighted by Crippen LogP contribution is 2.23. The van der Waals surface area contributed by atoms with Crippen LogP contribution in [0.3, 0.4) is 0 Å². The molecule has 1 rings (SSSR count). The third-order valence-electron chi connectivity index (χ3n) is 2.43. The highest BCUT2D eigenvalue weighted by atomic mass is 16.5. The van der Waals surface area contributed by atoms with Crippen molar-refractivity contribution in [2.45, 2.75) is 12.8 Å². The fraction of sp³-hybridized carbons (Fsp3) is 0.500. The summed E-state index contributed by atoms with van der Waals surface area (Å²) in [6.07, 6.45) is 2.85. The van der Waals surface area contributed by atoms with Crippen LogP contribution in [-0.2, 0) is 9.53 Å². The summed E-state index contributed by atoms with van der Waals surface area (Å²) in [5, 5.41) is 0. The number of anilines is 1. The van der Waals surface area contributed by atoms with E-state index in [4.69, 9.17) is 4.74 Å². The number of esters is 1. The molecule has 0 bridgehead atoms. The topological polar surface area (TPSA) is 51.7 Å². The quantitative estimate of drug-likeness (QED) is 0.703. The smallest absolute Gasteiger partial charge is 0.305 e. The Labute approximate surface area is 101 Å². The van der Waals surface area contributed by atoms with Gasteiger partial charge >= 0.3 is 5.97 Å². The van der Waals surface area contributed by atoms with Crippen LogP contribution >= 0.6 is 0 Å². The summed E-state index contributed by atoms with van der Waals surface area (Å²) < 4.78 is 9.80. The molecule has 0 spiro atoms. The lowest BCUT2D eigenvalue weighted by atomic mass is 10.3. The Kier molecular flexibility index (Phi) is 5.26. The Hall–Kier alpha value is -1.78. The van der Waals surface area contributed by atoms with Gasteiger partial charge in [0.1, 0.15) is 0 Å². The second kappa shape index (κ2) is 6.73. The molecule has 0 N–H and O–H groups in total. The van der Waals surface area contributed by atoms with Crippen LogP contribution in [0.4, 0.5) is 5.82 Å². The van der Waals surface area contributed by atoms with Gasteiger partial charge in [-0.05, 0) is 18.6 Å². The largest absolute Gasteiger partial charge is 0.493 e. The number of carbonyl (C=O) groups excluding carboxylic acids is 1. The van der Waals surface area contributed by atoms with Crippen molar-refractivity contribution in [2.24, 2.45) is 0 Å². The molecular weight excluding hydrogens is 220 g/mol. The molecule has 0 aliphatic rings. The molecule has 1 heterocycles. The minimum atomic E-state index is -0.189. The van der Waals surface area contributed by atoms with Gasteiger partial charge in [0.15, 0.2) is 11.6 Å². The van der Waals surface area contributed by atoms with E-state index in [2.05, 4.69) is 9.72 Å². The summed E-state index contributed by atoms with van der Waals surface area (Å²) in [5.74, 6) is 1.32. The lowest BCUT2D eigenvalue weighted by Crippen LogP contribution is -2.21. The highest BCUT2D eigenvalue weighted by Gasteiger charge is 2.09. The van der Waals surface area contributed by atoms with Gasteiger partial charge in [0, 0.05) is 26.2 Å². The third kappa shape index (κ3) is 3.94. The monoisotopic (exact) mass is 238 g/mol. The summed E-state index contributed by atoms with van der Waals surface area (Å²) in [6.45, 7) is 0.725. The van der Waals surface area contributed by atoms with Crippen molar-refractivity contribution in [3.8, 4) is 5.75 Å². The normalized spacial score (nSPS) is 9.82. The molecule has 1 aromatic heterocycles. The number of hydrogen-bond donors (Lipinski definition) is 0. The fourth-order valence-corrected chi connectivity index (χ4v) is 1.50. The molecular formula is C12H18N2O3. The fourth-order valence-electron chi connectivity index (χ4n) is 1.50. The lowest BCUT2D eigenvalue weighted by Gasteiger charge is -2.19. The molecule has 17 heavy (non-hydrogen) atoms. The van der Waals surface area contributed by atoms with E-state index in [-0.39, 0.29) is 5.97 Å². The zero-order valence-electron chi connectivity index (χ0n) is 10.5. The van der Waals surface area contributed by atoms with E-state index < -0.39 is 0 Å². The third-order valence-corrected chi connectivity index (χ3v) is 2.43. The van der Waals surface area contributed by atoms with E-state index in [1.54, 1.807) is 13.3 Å². The van der Waals surface area contributed by atoms with E-state index in [0.29, 0.717) is 6.42 Å². The highest BCUT2D eigenvalue weighted by molar-refractivity contribution is 5.69. The van der Waals surface area contributed by atoms with E-state index in [1.807, 2.05) is 24.1 Å². The first-order chi connectivity index (χ1) is 8.19. The van der Waals surface area contributed by atoms with Crippen LogP contribution in [0.2, 0.25) is 0 Å². The van der Waals surface area contributed by atoms with Crippen LogP contribution in [0.5, 0.6) is 5.75 Å². The molecule has 0 saturated carbocycles. The minimum absolute atomic E-state index is 0.189. The van der Waals surface area contributed by atoms with Crippen molar-refractivity contribution in [3.05, 3.63) is 18.3 Å². The first-order valence-corrected chi connectivity index (χ1v) is 5.46. The second-order valence-electron chi connectivity index (χ2n) is 3.63. The van der Waals surface area contributed by atoms with Crippen LogP contribution in [0.1, 0.15) is 12.8 Å². The number of pyridine rings is 1. The van der Waals surface area contributed by atoms with Crippen LogP contribution in [0.25, 0.3) is 0 Å². The van der Waals surface area contributed by atoms with E-state index in [9.17, 15) is 4.79 Å². The zero-order valence-corrected chi connectivity index (χ0v) is 10.5. The SMILES string of the molecule is COC(=O)CCCN(C)c1ncccc1OC. The number of nitrogens with zero attached hydrogens (tertiary/aromatic N) is 2. The molecule has 0 unspecified atom stereocenters. The van der Waals surface area contributed by atoms with Gasteiger partial charge in [-0.1, -0.05) is 0 Å². The van der Waals surface area contributed by atoms with Crippen LogP contribution in [0, 0.1) is 0 Å². The van der Waals surface area contributed by atoms with Crippen molar-refractivity contribution in [3.63, 3.8) is 0 Å². The molecule has 0 radical (unpaired) electrons. The van der Waals surface area contributed by atoms with Gasteiger partial charge < -0.3 is 14.4 Å². The molecule has 0 aromatic carbocycles. The maximum Gasteiger partial charge on any atom is 0.305 e. The number of aromatic nitrogens is 1. The summed E-state index contributed by atoms with van der Waals surface area (Å²) in [7, 11) is 4.93. The van der Waals surface area contributed by atoms with Crippen molar-refractivity contribution in [2.75, 3.05) is 32.7 Å². The van der Waals surface area contributed by atoms with E-state index >= 15 is 0 Å². The average Bonchev–Trinajstić information content (AvgIpc) is 2.38. The van der Waals surface area contributed by atoms with Crippen molar-refractivity contribution >= 4 is 11.8 Å². The molecule has 1 aromatic rings. The first-order valence-electron chi connectivity index (χ1n) is 5.46. The molecule has 0 amide bonds. The van der Waals surface area contributed by atoms with E-state index in [1.165, 1.54) is 7.11 Å². The van der Waals surface area contributed by atoms with Crippen LogP contribution < -0.4 is 9.64 Å². The predicted octanol–water partition coefficient (Wildman–Crippen LogP) is 1.48. The molecule has 94 valence electrons. The van der Waals surface area contributed by atoms with Gasteiger partial charge in [-0.15, -0.1) is 0 Å². The van der Waals surface area contributed by atoms with Gasteiger partial charge in [-0.3, -0.25) is 4.79 Å². The summed E-state index contributed by atoms with van der Waals surface area (Å²) in [5.41, 5.74) is 0. The summed E-state index contributed by atoms with van der Waals surface area (Å²) >= 11 is 0. The lowest BCUT2D eigenvalue weighted by molar-refractivity contribution is -0.140. The van der Waals surface area contributed by atoms with Crippen LogP contribution in [-0.4, -0.2) is 38.8 Å². The molecule has 0 fully saturated rings. The number of hydrogen-bond acceptors (Lipinski definition) is 5. The van der Waals surface area contributed by atoms with Crippen molar-refractivity contribution in [1.82, 2.24) is 4.98 Å². The van der Waals surface area contributed by atoms with E-state index in [0.717, 1.165) is 24.5 Å².